The van der Waals surface area contributed by atoms with Gasteiger partial charge in [0.05, 0.1) is 31.0 Å². The molecule has 1 aromatic rings. The maximum atomic E-state index is 6.01. The lowest BCUT2D eigenvalue weighted by molar-refractivity contribution is -0.0796. The Morgan fingerprint density at radius 3 is 2.00 bits per heavy atom. The summed E-state index contributed by atoms with van der Waals surface area (Å²) in [7, 11) is 0. The molecule has 0 fully saturated rings. The van der Waals surface area contributed by atoms with E-state index in [0.29, 0.717) is 33.0 Å². The first kappa shape index (κ1) is 20.1. The highest BCUT2D eigenvalue weighted by molar-refractivity contribution is 5.13. The average Bonchev–Trinajstić information content (AvgIpc) is 2.50. The Morgan fingerprint density at radius 2 is 1.39 bits per heavy atom. The van der Waals surface area contributed by atoms with Crippen LogP contribution in [0.4, 0.5) is 0 Å². The van der Waals surface area contributed by atoms with Crippen LogP contribution in [-0.2, 0) is 20.8 Å². The second-order valence-corrected chi connectivity index (χ2v) is 7.04. The van der Waals surface area contributed by atoms with Crippen LogP contribution in [0.25, 0.3) is 0 Å². The molecule has 4 heteroatoms. The van der Waals surface area contributed by atoms with Gasteiger partial charge in [-0.05, 0) is 46.1 Å². The maximum Gasteiger partial charge on any atom is 0.0716 e. The topological polar surface area (TPSA) is 53.7 Å². The standard InChI is InChI=1S/C19H33NO3/c1-18(2,22-14-11-19(3,4)23-15-12-20)10-13-21-16-17-8-6-5-7-9-17/h5-9H,10-16,20H2,1-4H3. The minimum atomic E-state index is -0.195. The molecule has 0 aromatic heterocycles. The molecule has 2 N–H and O–H groups in total. The molecule has 0 saturated heterocycles. The van der Waals surface area contributed by atoms with Gasteiger partial charge in [0.2, 0.25) is 0 Å². The normalized spacial score (nSPS) is 12.6. The number of ether oxygens (including phenoxy) is 3. The average molecular weight is 323 g/mol. The van der Waals surface area contributed by atoms with Crippen LogP contribution in [0.15, 0.2) is 30.3 Å². The third kappa shape index (κ3) is 9.72. The Morgan fingerprint density at radius 1 is 0.826 bits per heavy atom. The summed E-state index contributed by atoms with van der Waals surface area (Å²) in [5.74, 6) is 0. The third-order valence-corrected chi connectivity index (χ3v) is 3.77. The fraction of sp³-hybridized carbons (Fsp3) is 0.684. The molecule has 0 spiro atoms. The first-order chi connectivity index (χ1) is 10.8. The smallest absolute Gasteiger partial charge is 0.0716 e. The summed E-state index contributed by atoms with van der Waals surface area (Å²) in [6, 6.07) is 10.2. The van der Waals surface area contributed by atoms with Crippen molar-refractivity contribution in [2.45, 2.75) is 58.3 Å². The monoisotopic (exact) mass is 323 g/mol. The van der Waals surface area contributed by atoms with Crippen LogP contribution in [0, 0.1) is 0 Å². The van der Waals surface area contributed by atoms with Gasteiger partial charge in [0, 0.05) is 13.2 Å². The molecule has 1 rings (SSSR count). The lowest BCUT2D eigenvalue weighted by Gasteiger charge is -2.29. The van der Waals surface area contributed by atoms with Crippen molar-refractivity contribution in [2.24, 2.45) is 5.73 Å². The first-order valence-electron chi connectivity index (χ1n) is 8.44. The summed E-state index contributed by atoms with van der Waals surface area (Å²) < 4.78 is 17.5. The number of rotatable bonds is 12. The molecular weight excluding hydrogens is 290 g/mol. The minimum absolute atomic E-state index is 0.194. The molecule has 0 unspecified atom stereocenters. The highest BCUT2D eigenvalue weighted by Gasteiger charge is 2.22. The van der Waals surface area contributed by atoms with E-state index in [4.69, 9.17) is 19.9 Å². The summed E-state index contributed by atoms with van der Waals surface area (Å²) in [5, 5.41) is 0. The maximum absolute atomic E-state index is 6.01. The van der Waals surface area contributed by atoms with Crippen molar-refractivity contribution in [2.75, 3.05) is 26.4 Å². The van der Waals surface area contributed by atoms with Gasteiger partial charge in [-0.2, -0.15) is 0 Å². The van der Waals surface area contributed by atoms with Crippen molar-refractivity contribution >= 4 is 0 Å². The number of benzene rings is 1. The zero-order valence-corrected chi connectivity index (χ0v) is 15.1. The summed E-state index contributed by atoms with van der Waals surface area (Å²) in [5.41, 5.74) is 6.28. The van der Waals surface area contributed by atoms with Gasteiger partial charge in [0.15, 0.2) is 0 Å². The number of hydrogen-bond acceptors (Lipinski definition) is 4. The zero-order chi connectivity index (χ0) is 17.2. The van der Waals surface area contributed by atoms with Gasteiger partial charge in [0.25, 0.3) is 0 Å². The van der Waals surface area contributed by atoms with Crippen molar-refractivity contribution in [1.82, 2.24) is 0 Å². The minimum Gasteiger partial charge on any atom is -0.377 e. The first-order valence-corrected chi connectivity index (χ1v) is 8.44. The van der Waals surface area contributed by atoms with Crippen LogP contribution >= 0.6 is 0 Å². The van der Waals surface area contributed by atoms with Crippen molar-refractivity contribution < 1.29 is 14.2 Å². The fourth-order valence-corrected chi connectivity index (χ4v) is 2.13. The molecule has 0 saturated carbocycles. The van der Waals surface area contributed by atoms with Crippen LogP contribution in [0.3, 0.4) is 0 Å². The molecule has 1 aromatic carbocycles. The molecule has 0 atom stereocenters. The Bertz CT molecular complexity index is 418. The van der Waals surface area contributed by atoms with Gasteiger partial charge < -0.3 is 19.9 Å². The molecule has 0 bridgehead atoms. The molecule has 132 valence electrons. The highest BCUT2D eigenvalue weighted by Crippen LogP contribution is 2.19. The molecule has 0 aliphatic heterocycles. The molecule has 4 nitrogen and oxygen atoms in total. The summed E-state index contributed by atoms with van der Waals surface area (Å²) in [4.78, 5) is 0. The largest absolute Gasteiger partial charge is 0.377 e. The SMILES string of the molecule is CC(C)(CCOCc1ccccc1)OCCC(C)(C)OCCN. The van der Waals surface area contributed by atoms with E-state index in [1.807, 2.05) is 18.2 Å². The van der Waals surface area contributed by atoms with Crippen molar-refractivity contribution in [3.8, 4) is 0 Å². The van der Waals surface area contributed by atoms with E-state index >= 15 is 0 Å². The highest BCUT2D eigenvalue weighted by atomic mass is 16.5. The van der Waals surface area contributed by atoms with E-state index < -0.39 is 0 Å². The van der Waals surface area contributed by atoms with Crippen LogP contribution in [0.5, 0.6) is 0 Å². The summed E-state index contributed by atoms with van der Waals surface area (Å²) in [6.45, 7) is 11.5. The lowest BCUT2D eigenvalue weighted by atomic mass is 10.0. The molecule has 0 aliphatic rings. The van der Waals surface area contributed by atoms with Crippen molar-refractivity contribution in [1.29, 1.82) is 0 Å². The number of hydrogen-bond donors (Lipinski definition) is 1. The summed E-state index contributed by atoms with van der Waals surface area (Å²) in [6.07, 6.45) is 1.71. The molecule has 23 heavy (non-hydrogen) atoms. The zero-order valence-electron chi connectivity index (χ0n) is 15.1. The van der Waals surface area contributed by atoms with Crippen LogP contribution in [0.2, 0.25) is 0 Å². The Kier molecular flexibility index (Phi) is 8.77. The quantitative estimate of drug-likeness (QED) is 0.598. The molecular formula is C19H33NO3. The van der Waals surface area contributed by atoms with E-state index in [0.717, 1.165) is 12.8 Å². The van der Waals surface area contributed by atoms with E-state index in [-0.39, 0.29) is 11.2 Å². The molecule has 0 amide bonds. The summed E-state index contributed by atoms with van der Waals surface area (Å²) >= 11 is 0. The van der Waals surface area contributed by atoms with Gasteiger partial charge in [0.1, 0.15) is 0 Å². The van der Waals surface area contributed by atoms with Gasteiger partial charge in [-0.3, -0.25) is 0 Å². The predicted octanol–water partition coefficient (Wildman–Crippen LogP) is 3.53. The fourth-order valence-electron chi connectivity index (χ4n) is 2.13. The molecule has 0 radical (unpaired) electrons. The molecule has 0 heterocycles. The predicted molar refractivity (Wildman–Crippen MR) is 94.4 cm³/mol. The van der Waals surface area contributed by atoms with E-state index in [1.165, 1.54) is 5.56 Å². The second kappa shape index (κ2) is 10.0. The Labute approximate surface area is 141 Å². The van der Waals surface area contributed by atoms with Crippen LogP contribution in [-0.4, -0.2) is 37.6 Å². The number of nitrogens with two attached hydrogens (primary N) is 1. The second-order valence-electron chi connectivity index (χ2n) is 7.04. The Hall–Kier alpha value is -0.940. The van der Waals surface area contributed by atoms with Gasteiger partial charge in [-0.1, -0.05) is 30.3 Å². The van der Waals surface area contributed by atoms with Crippen molar-refractivity contribution in [3.05, 3.63) is 35.9 Å². The molecule has 0 aliphatic carbocycles. The van der Waals surface area contributed by atoms with Crippen molar-refractivity contribution in [3.63, 3.8) is 0 Å². The van der Waals surface area contributed by atoms with Crippen LogP contribution in [0.1, 0.15) is 46.1 Å². The van der Waals surface area contributed by atoms with E-state index in [1.54, 1.807) is 0 Å². The van der Waals surface area contributed by atoms with Crippen LogP contribution < -0.4 is 5.73 Å². The van der Waals surface area contributed by atoms with E-state index in [2.05, 4.69) is 39.8 Å². The van der Waals surface area contributed by atoms with Gasteiger partial charge in [-0.15, -0.1) is 0 Å². The van der Waals surface area contributed by atoms with E-state index in [9.17, 15) is 0 Å². The Balaban J connectivity index is 2.17. The van der Waals surface area contributed by atoms with Gasteiger partial charge in [-0.25, -0.2) is 0 Å². The van der Waals surface area contributed by atoms with Gasteiger partial charge >= 0.3 is 0 Å². The lowest BCUT2D eigenvalue weighted by Crippen LogP contribution is -2.32. The third-order valence-electron chi connectivity index (χ3n) is 3.77.